The maximum Gasteiger partial charge on any atom is 0.0791 e. The van der Waals surface area contributed by atoms with E-state index >= 15 is 0 Å². The van der Waals surface area contributed by atoms with Crippen molar-refractivity contribution >= 4 is 0 Å². The third kappa shape index (κ3) is 5.75. The molecule has 1 atom stereocenters. The van der Waals surface area contributed by atoms with E-state index in [1.54, 1.807) is 7.11 Å². The van der Waals surface area contributed by atoms with Crippen molar-refractivity contribution < 1.29 is 9.84 Å². The van der Waals surface area contributed by atoms with Crippen LogP contribution in [0.4, 0.5) is 0 Å². The van der Waals surface area contributed by atoms with Gasteiger partial charge >= 0.3 is 0 Å². The Morgan fingerprint density at radius 1 is 1.16 bits per heavy atom. The van der Waals surface area contributed by atoms with E-state index in [9.17, 15) is 5.11 Å². The second-order valence-corrected chi connectivity index (χ2v) is 6.36. The summed E-state index contributed by atoms with van der Waals surface area (Å²) in [6.45, 7) is 8.53. The number of rotatable bonds is 7. The fraction of sp³-hybridized carbons (Fsp3) is 0.647. The molecule has 19 heavy (non-hydrogen) atoms. The number of aliphatic hydroxyl groups excluding tert-OH is 1. The van der Waals surface area contributed by atoms with Crippen LogP contribution in [0.5, 0.6) is 0 Å². The summed E-state index contributed by atoms with van der Waals surface area (Å²) >= 11 is 0. The van der Waals surface area contributed by atoms with Gasteiger partial charge in [0.1, 0.15) is 0 Å². The molecule has 1 aromatic carbocycles. The minimum absolute atomic E-state index is 0.168. The van der Waals surface area contributed by atoms with Crippen LogP contribution in [0.1, 0.15) is 57.8 Å². The van der Waals surface area contributed by atoms with E-state index in [1.807, 2.05) is 26.0 Å². The first-order valence-corrected chi connectivity index (χ1v) is 7.16. The van der Waals surface area contributed by atoms with Crippen LogP contribution < -0.4 is 0 Å². The standard InChI is InChI=1S/C17H28O2/c1-13(2)12-14-6-8-15(9-7-14)16(18)10-11-17(3,4)19-5/h6-9,13,16,18H,10-12H2,1-5H3. The van der Waals surface area contributed by atoms with E-state index in [-0.39, 0.29) is 5.60 Å². The minimum Gasteiger partial charge on any atom is -0.388 e. The van der Waals surface area contributed by atoms with Gasteiger partial charge in [0, 0.05) is 7.11 Å². The van der Waals surface area contributed by atoms with Crippen LogP contribution in [0, 0.1) is 5.92 Å². The van der Waals surface area contributed by atoms with E-state index < -0.39 is 6.10 Å². The molecule has 1 aromatic rings. The predicted octanol–water partition coefficient (Wildman–Crippen LogP) is 4.12. The van der Waals surface area contributed by atoms with Crippen LogP contribution in [0.2, 0.25) is 0 Å². The SMILES string of the molecule is COC(C)(C)CCC(O)c1ccc(CC(C)C)cc1. The zero-order chi connectivity index (χ0) is 14.5. The highest BCUT2D eigenvalue weighted by atomic mass is 16.5. The Labute approximate surface area is 117 Å². The minimum atomic E-state index is -0.400. The smallest absolute Gasteiger partial charge is 0.0791 e. The van der Waals surface area contributed by atoms with Crippen LogP contribution >= 0.6 is 0 Å². The highest BCUT2D eigenvalue weighted by molar-refractivity contribution is 5.24. The molecule has 1 N–H and O–H groups in total. The van der Waals surface area contributed by atoms with E-state index in [0.717, 1.165) is 24.8 Å². The fourth-order valence-corrected chi connectivity index (χ4v) is 2.10. The number of hydrogen-bond acceptors (Lipinski definition) is 2. The average molecular weight is 264 g/mol. The molecule has 0 heterocycles. The molecule has 0 amide bonds. The second-order valence-electron chi connectivity index (χ2n) is 6.36. The van der Waals surface area contributed by atoms with E-state index in [4.69, 9.17) is 4.74 Å². The number of benzene rings is 1. The Kier molecular flexibility index (Phi) is 6.02. The van der Waals surface area contributed by atoms with Crippen LogP contribution in [0.15, 0.2) is 24.3 Å². The zero-order valence-electron chi connectivity index (χ0n) is 12.9. The number of aliphatic hydroxyl groups is 1. The third-order valence-electron chi connectivity index (χ3n) is 3.58. The summed E-state index contributed by atoms with van der Waals surface area (Å²) in [5.74, 6) is 0.665. The second kappa shape index (κ2) is 7.06. The molecule has 0 saturated heterocycles. The Morgan fingerprint density at radius 3 is 2.21 bits per heavy atom. The molecule has 2 heteroatoms. The lowest BCUT2D eigenvalue weighted by Crippen LogP contribution is -2.23. The Hall–Kier alpha value is -0.860. The molecule has 1 rings (SSSR count). The van der Waals surface area contributed by atoms with Gasteiger partial charge in [0.25, 0.3) is 0 Å². The number of ether oxygens (including phenoxy) is 1. The van der Waals surface area contributed by atoms with E-state index in [1.165, 1.54) is 5.56 Å². The van der Waals surface area contributed by atoms with Gasteiger partial charge in [-0.2, -0.15) is 0 Å². The predicted molar refractivity (Wildman–Crippen MR) is 80.3 cm³/mol. The van der Waals surface area contributed by atoms with Crippen molar-refractivity contribution in [2.75, 3.05) is 7.11 Å². The summed E-state index contributed by atoms with van der Waals surface area (Å²) in [7, 11) is 1.72. The van der Waals surface area contributed by atoms with Gasteiger partial charge in [-0.25, -0.2) is 0 Å². The quantitative estimate of drug-likeness (QED) is 0.802. The molecular formula is C17H28O2. The average Bonchev–Trinajstić information content (AvgIpc) is 2.36. The molecule has 1 unspecified atom stereocenters. The Bertz CT molecular complexity index is 365. The number of hydrogen-bond donors (Lipinski definition) is 1. The number of methoxy groups -OCH3 is 1. The Balaban J connectivity index is 2.55. The monoisotopic (exact) mass is 264 g/mol. The normalized spacial score (nSPS) is 13.8. The summed E-state index contributed by atoms with van der Waals surface area (Å²) < 4.78 is 5.38. The summed E-state index contributed by atoms with van der Waals surface area (Å²) in [5, 5.41) is 10.2. The van der Waals surface area contributed by atoms with Gasteiger partial charge < -0.3 is 9.84 Å². The van der Waals surface area contributed by atoms with Gasteiger partial charge in [-0.3, -0.25) is 0 Å². The largest absolute Gasteiger partial charge is 0.388 e. The van der Waals surface area contributed by atoms with Crippen molar-refractivity contribution in [2.45, 2.75) is 58.7 Å². The van der Waals surface area contributed by atoms with E-state index in [2.05, 4.69) is 26.0 Å². The van der Waals surface area contributed by atoms with Crippen LogP contribution in [-0.2, 0) is 11.2 Å². The first-order chi connectivity index (χ1) is 8.84. The van der Waals surface area contributed by atoms with Gasteiger partial charge in [-0.05, 0) is 50.2 Å². The molecule has 0 spiro atoms. The Morgan fingerprint density at radius 2 is 1.74 bits per heavy atom. The molecule has 2 nitrogen and oxygen atoms in total. The fourth-order valence-electron chi connectivity index (χ4n) is 2.10. The summed E-state index contributed by atoms with van der Waals surface area (Å²) in [5.41, 5.74) is 2.17. The van der Waals surface area contributed by atoms with Gasteiger partial charge in [0.15, 0.2) is 0 Å². The van der Waals surface area contributed by atoms with Crippen molar-refractivity contribution in [3.8, 4) is 0 Å². The van der Waals surface area contributed by atoms with E-state index in [0.29, 0.717) is 5.92 Å². The molecule has 0 fully saturated rings. The molecule has 108 valence electrons. The molecule has 0 saturated carbocycles. The molecule has 0 bridgehead atoms. The summed E-state index contributed by atoms with van der Waals surface area (Å²) in [6.07, 6.45) is 2.26. The summed E-state index contributed by atoms with van der Waals surface area (Å²) in [6, 6.07) is 8.34. The van der Waals surface area contributed by atoms with Crippen molar-refractivity contribution in [1.82, 2.24) is 0 Å². The molecule has 0 aromatic heterocycles. The molecular weight excluding hydrogens is 236 g/mol. The first kappa shape index (κ1) is 16.2. The van der Waals surface area contributed by atoms with Crippen molar-refractivity contribution in [3.63, 3.8) is 0 Å². The van der Waals surface area contributed by atoms with Crippen LogP contribution in [-0.4, -0.2) is 17.8 Å². The highest BCUT2D eigenvalue weighted by Gasteiger charge is 2.18. The van der Waals surface area contributed by atoms with Gasteiger partial charge in [0.05, 0.1) is 11.7 Å². The molecule has 0 aliphatic carbocycles. The topological polar surface area (TPSA) is 29.5 Å². The zero-order valence-corrected chi connectivity index (χ0v) is 12.9. The lowest BCUT2D eigenvalue weighted by atomic mass is 9.95. The molecule has 0 aliphatic rings. The van der Waals surface area contributed by atoms with Crippen molar-refractivity contribution in [3.05, 3.63) is 35.4 Å². The van der Waals surface area contributed by atoms with Gasteiger partial charge in [0.2, 0.25) is 0 Å². The molecule has 0 aliphatic heterocycles. The maximum absolute atomic E-state index is 10.2. The summed E-state index contributed by atoms with van der Waals surface area (Å²) in [4.78, 5) is 0. The van der Waals surface area contributed by atoms with Crippen LogP contribution in [0.25, 0.3) is 0 Å². The van der Waals surface area contributed by atoms with Gasteiger partial charge in [-0.15, -0.1) is 0 Å². The van der Waals surface area contributed by atoms with Crippen molar-refractivity contribution in [1.29, 1.82) is 0 Å². The maximum atomic E-state index is 10.2. The third-order valence-corrected chi connectivity index (χ3v) is 3.58. The lowest BCUT2D eigenvalue weighted by molar-refractivity contribution is 0.00279. The van der Waals surface area contributed by atoms with Crippen molar-refractivity contribution in [2.24, 2.45) is 5.92 Å². The first-order valence-electron chi connectivity index (χ1n) is 7.16. The molecule has 0 radical (unpaired) electrons. The lowest BCUT2D eigenvalue weighted by Gasteiger charge is -2.24. The van der Waals surface area contributed by atoms with Gasteiger partial charge in [-0.1, -0.05) is 38.1 Å². The highest BCUT2D eigenvalue weighted by Crippen LogP contribution is 2.24. The van der Waals surface area contributed by atoms with Crippen LogP contribution in [0.3, 0.4) is 0 Å².